The van der Waals surface area contributed by atoms with Gasteiger partial charge in [-0.1, -0.05) is 24.3 Å². The second-order valence-corrected chi connectivity index (χ2v) is 5.43. The summed E-state index contributed by atoms with van der Waals surface area (Å²) in [4.78, 5) is 4.31. The summed E-state index contributed by atoms with van der Waals surface area (Å²) in [6.45, 7) is 2.10. The average Bonchev–Trinajstić information content (AvgIpc) is 3.02. The third kappa shape index (κ3) is 2.38. The number of rotatable bonds is 4. The molecule has 1 saturated heterocycles. The topological polar surface area (TPSA) is 41.9 Å². The van der Waals surface area contributed by atoms with Gasteiger partial charge in [0.2, 0.25) is 0 Å². The Morgan fingerprint density at radius 2 is 2.10 bits per heavy atom. The summed E-state index contributed by atoms with van der Waals surface area (Å²) in [5.74, 6) is 0. The number of nitrogens with one attached hydrogen (secondary N) is 1. The molecule has 1 N–H and O–H groups in total. The molecule has 4 heteroatoms. The van der Waals surface area contributed by atoms with Gasteiger partial charge in [-0.3, -0.25) is 0 Å². The molecular weight excluding hydrogens is 262 g/mol. The minimum absolute atomic E-state index is 0.102. The highest BCUT2D eigenvalue weighted by Crippen LogP contribution is 2.28. The van der Waals surface area contributed by atoms with Gasteiger partial charge in [-0.05, 0) is 30.7 Å². The van der Waals surface area contributed by atoms with E-state index >= 15 is 0 Å². The highest BCUT2D eigenvalue weighted by Gasteiger charge is 2.39. The Morgan fingerprint density at radius 1 is 1.19 bits per heavy atom. The van der Waals surface area contributed by atoms with Crippen molar-refractivity contribution >= 4 is 11.3 Å². The number of pyridine rings is 1. The van der Waals surface area contributed by atoms with Crippen molar-refractivity contribution in [1.82, 2.24) is 9.38 Å². The Balaban J connectivity index is 1.46. The van der Waals surface area contributed by atoms with E-state index in [4.69, 9.17) is 4.74 Å². The first-order valence-electron chi connectivity index (χ1n) is 7.20. The van der Waals surface area contributed by atoms with Crippen molar-refractivity contribution in [1.29, 1.82) is 0 Å². The summed E-state index contributed by atoms with van der Waals surface area (Å²) < 4.78 is 7.88. The van der Waals surface area contributed by atoms with Crippen LogP contribution in [-0.2, 0) is 11.2 Å². The number of epoxide rings is 1. The van der Waals surface area contributed by atoms with Gasteiger partial charge in [0.1, 0.15) is 11.8 Å². The zero-order chi connectivity index (χ0) is 14.2. The molecule has 2 atom stereocenters. The Kier molecular flexibility index (Phi) is 2.89. The van der Waals surface area contributed by atoms with Crippen LogP contribution in [0.2, 0.25) is 0 Å². The van der Waals surface area contributed by atoms with Gasteiger partial charge in [0.15, 0.2) is 6.23 Å². The predicted octanol–water partition coefficient (Wildman–Crippen LogP) is 3.02. The number of anilines is 1. The molecular formula is C17H17N3O. The standard InChI is InChI=1S/C17H17N3O/c1-12-5-2-3-7-14(12)19-17-15(21-17)11-13-6-4-8-16-18-9-10-20(13)16/h2-10,15,17,19H,11H2,1H3. The normalized spacial score (nSPS) is 20.6. The molecule has 0 amide bonds. The van der Waals surface area contributed by atoms with Gasteiger partial charge in [0, 0.05) is 30.2 Å². The number of hydrogen-bond acceptors (Lipinski definition) is 3. The van der Waals surface area contributed by atoms with E-state index in [1.165, 1.54) is 11.3 Å². The van der Waals surface area contributed by atoms with Gasteiger partial charge in [0.05, 0.1) is 0 Å². The zero-order valence-corrected chi connectivity index (χ0v) is 11.9. The monoisotopic (exact) mass is 279 g/mol. The van der Waals surface area contributed by atoms with Gasteiger partial charge in [-0.15, -0.1) is 0 Å². The van der Waals surface area contributed by atoms with E-state index in [-0.39, 0.29) is 12.3 Å². The molecule has 0 radical (unpaired) electrons. The molecule has 2 aromatic heterocycles. The van der Waals surface area contributed by atoms with Crippen LogP contribution in [0.4, 0.5) is 5.69 Å². The highest BCUT2D eigenvalue weighted by molar-refractivity contribution is 5.51. The van der Waals surface area contributed by atoms with Gasteiger partial charge < -0.3 is 14.5 Å². The lowest BCUT2D eigenvalue weighted by molar-refractivity contribution is 0.379. The second-order valence-electron chi connectivity index (χ2n) is 5.43. The molecule has 21 heavy (non-hydrogen) atoms. The molecule has 3 heterocycles. The van der Waals surface area contributed by atoms with Crippen molar-refractivity contribution in [2.24, 2.45) is 0 Å². The molecule has 1 aliphatic rings. The van der Waals surface area contributed by atoms with Crippen LogP contribution in [0, 0.1) is 6.92 Å². The zero-order valence-electron chi connectivity index (χ0n) is 11.9. The fourth-order valence-electron chi connectivity index (χ4n) is 2.69. The number of hydrogen-bond donors (Lipinski definition) is 1. The average molecular weight is 279 g/mol. The number of aryl methyl sites for hydroxylation is 1. The van der Waals surface area contributed by atoms with Gasteiger partial charge >= 0.3 is 0 Å². The SMILES string of the molecule is Cc1ccccc1NC1OC1Cc1cccc2nccn12. The minimum Gasteiger partial charge on any atom is -0.358 e. The molecule has 4 rings (SSSR count). The number of nitrogens with zero attached hydrogens (tertiary/aromatic N) is 2. The number of benzene rings is 1. The maximum atomic E-state index is 5.76. The number of aromatic nitrogens is 2. The van der Waals surface area contributed by atoms with E-state index < -0.39 is 0 Å². The Bertz CT molecular complexity index is 780. The molecule has 0 saturated carbocycles. The number of imidazole rings is 1. The lowest BCUT2D eigenvalue weighted by Gasteiger charge is -2.06. The molecule has 106 valence electrons. The first kappa shape index (κ1) is 12.4. The van der Waals surface area contributed by atoms with Crippen LogP contribution in [0.1, 0.15) is 11.3 Å². The van der Waals surface area contributed by atoms with Crippen molar-refractivity contribution in [2.75, 3.05) is 5.32 Å². The van der Waals surface area contributed by atoms with Crippen LogP contribution in [0.5, 0.6) is 0 Å². The molecule has 0 aliphatic carbocycles. The van der Waals surface area contributed by atoms with Crippen molar-refractivity contribution in [3.8, 4) is 0 Å². The van der Waals surface area contributed by atoms with Crippen molar-refractivity contribution in [2.45, 2.75) is 25.7 Å². The number of ether oxygens (including phenoxy) is 1. The first-order chi connectivity index (χ1) is 10.3. The number of para-hydroxylation sites is 1. The number of fused-ring (bicyclic) bond motifs is 1. The molecule has 0 bridgehead atoms. The molecule has 1 aliphatic heterocycles. The molecule has 2 unspecified atom stereocenters. The third-order valence-corrected chi connectivity index (χ3v) is 3.95. The van der Waals surface area contributed by atoms with Crippen molar-refractivity contribution in [3.63, 3.8) is 0 Å². The fourth-order valence-corrected chi connectivity index (χ4v) is 2.69. The molecule has 3 aromatic rings. The summed E-state index contributed by atoms with van der Waals surface area (Å²) in [6.07, 6.45) is 5.03. The molecule has 1 fully saturated rings. The quantitative estimate of drug-likeness (QED) is 0.746. The van der Waals surface area contributed by atoms with Crippen molar-refractivity contribution in [3.05, 3.63) is 66.1 Å². The fraction of sp³-hybridized carbons (Fsp3) is 0.235. The molecule has 1 aromatic carbocycles. The lowest BCUT2D eigenvalue weighted by Crippen LogP contribution is -2.11. The first-order valence-corrected chi connectivity index (χ1v) is 7.20. The van der Waals surface area contributed by atoms with E-state index in [0.29, 0.717) is 0 Å². The lowest BCUT2D eigenvalue weighted by atomic mass is 10.2. The highest BCUT2D eigenvalue weighted by atomic mass is 16.6. The van der Waals surface area contributed by atoms with Gasteiger partial charge in [0.25, 0.3) is 0 Å². The smallest absolute Gasteiger partial charge is 0.155 e. The van der Waals surface area contributed by atoms with Crippen LogP contribution >= 0.6 is 0 Å². The van der Waals surface area contributed by atoms with Crippen molar-refractivity contribution < 1.29 is 4.74 Å². The van der Waals surface area contributed by atoms with E-state index in [0.717, 1.165) is 17.8 Å². The summed E-state index contributed by atoms with van der Waals surface area (Å²) in [5, 5.41) is 3.45. The summed E-state index contributed by atoms with van der Waals surface area (Å²) >= 11 is 0. The van der Waals surface area contributed by atoms with E-state index in [2.05, 4.69) is 39.8 Å². The Labute approximate surface area is 123 Å². The van der Waals surface area contributed by atoms with Gasteiger partial charge in [-0.2, -0.15) is 0 Å². The molecule has 4 nitrogen and oxygen atoms in total. The van der Waals surface area contributed by atoms with Crippen LogP contribution in [-0.4, -0.2) is 21.7 Å². The van der Waals surface area contributed by atoms with Crippen LogP contribution < -0.4 is 5.32 Å². The summed E-state index contributed by atoms with van der Waals surface area (Å²) in [7, 11) is 0. The van der Waals surface area contributed by atoms with Crippen LogP contribution in [0.25, 0.3) is 5.65 Å². The Hall–Kier alpha value is -2.33. The van der Waals surface area contributed by atoms with E-state index in [9.17, 15) is 0 Å². The predicted molar refractivity (Wildman–Crippen MR) is 82.4 cm³/mol. The minimum atomic E-state index is 0.102. The summed E-state index contributed by atoms with van der Waals surface area (Å²) in [5.41, 5.74) is 4.59. The Morgan fingerprint density at radius 3 is 3.00 bits per heavy atom. The van der Waals surface area contributed by atoms with Gasteiger partial charge in [-0.25, -0.2) is 4.98 Å². The largest absolute Gasteiger partial charge is 0.358 e. The maximum Gasteiger partial charge on any atom is 0.155 e. The third-order valence-electron chi connectivity index (χ3n) is 3.95. The van der Waals surface area contributed by atoms with Crippen LogP contribution in [0.15, 0.2) is 54.9 Å². The maximum absolute atomic E-state index is 5.76. The van der Waals surface area contributed by atoms with Crippen LogP contribution in [0.3, 0.4) is 0 Å². The molecule has 0 spiro atoms. The second kappa shape index (κ2) is 4.90. The summed E-state index contributed by atoms with van der Waals surface area (Å²) in [6, 6.07) is 14.5. The van der Waals surface area contributed by atoms with E-state index in [1.807, 2.05) is 36.7 Å². The van der Waals surface area contributed by atoms with E-state index in [1.54, 1.807) is 0 Å².